The number of nitrogens with one attached hydrogen (secondary N) is 2. The molecule has 0 radical (unpaired) electrons. The first-order chi connectivity index (χ1) is 11.3. The molecule has 118 valence electrons. The summed E-state index contributed by atoms with van der Waals surface area (Å²) in [5.74, 6) is 1.50. The van der Waals surface area contributed by atoms with Crippen LogP contribution in [0.25, 0.3) is 0 Å². The molecule has 1 aliphatic heterocycles. The van der Waals surface area contributed by atoms with Gasteiger partial charge in [0.2, 0.25) is 0 Å². The van der Waals surface area contributed by atoms with Gasteiger partial charge in [0.15, 0.2) is 0 Å². The summed E-state index contributed by atoms with van der Waals surface area (Å²) in [6, 6.07) is 14.7. The summed E-state index contributed by atoms with van der Waals surface area (Å²) in [7, 11) is 1.60. The number of ether oxygens (including phenoxy) is 1. The first kappa shape index (κ1) is 15.1. The number of anilines is 1. The normalized spacial score (nSPS) is 13.7. The van der Waals surface area contributed by atoms with Crippen molar-refractivity contribution in [1.82, 2.24) is 5.32 Å². The lowest BCUT2D eigenvalue weighted by molar-refractivity contribution is 0.102. The first-order valence-corrected chi connectivity index (χ1v) is 7.60. The summed E-state index contributed by atoms with van der Waals surface area (Å²) >= 11 is 0. The van der Waals surface area contributed by atoms with Crippen LogP contribution in [0.1, 0.15) is 22.3 Å². The van der Waals surface area contributed by atoms with Crippen molar-refractivity contribution in [2.45, 2.75) is 6.42 Å². The third kappa shape index (κ3) is 3.69. The van der Waals surface area contributed by atoms with Crippen molar-refractivity contribution in [3.8, 4) is 5.75 Å². The third-order valence-electron chi connectivity index (χ3n) is 3.67. The Balaban J connectivity index is 1.67. The summed E-state index contributed by atoms with van der Waals surface area (Å²) in [5, 5.41) is 6.17. The van der Waals surface area contributed by atoms with Crippen molar-refractivity contribution >= 4 is 17.4 Å². The molecule has 2 N–H and O–H groups in total. The van der Waals surface area contributed by atoms with Gasteiger partial charge in [-0.15, -0.1) is 0 Å². The minimum absolute atomic E-state index is 0.145. The van der Waals surface area contributed by atoms with Crippen molar-refractivity contribution in [3.63, 3.8) is 0 Å². The molecule has 5 nitrogen and oxygen atoms in total. The number of amidine groups is 1. The van der Waals surface area contributed by atoms with E-state index >= 15 is 0 Å². The van der Waals surface area contributed by atoms with Gasteiger partial charge >= 0.3 is 0 Å². The summed E-state index contributed by atoms with van der Waals surface area (Å²) in [6.45, 7) is 1.81. The summed E-state index contributed by atoms with van der Waals surface area (Å²) in [4.78, 5) is 16.7. The molecule has 3 rings (SSSR count). The molecule has 0 saturated carbocycles. The molecule has 23 heavy (non-hydrogen) atoms. The van der Waals surface area contributed by atoms with Crippen LogP contribution in [0.2, 0.25) is 0 Å². The highest BCUT2D eigenvalue weighted by molar-refractivity contribution is 6.05. The van der Waals surface area contributed by atoms with Crippen LogP contribution in [0.5, 0.6) is 5.75 Å². The van der Waals surface area contributed by atoms with Crippen molar-refractivity contribution in [2.75, 3.05) is 25.5 Å². The van der Waals surface area contributed by atoms with E-state index in [0.29, 0.717) is 5.56 Å². The standard InChI is InChI=1S/C18H19N3O2/c1-23-16-9-5-14(6-10-16)18(22)21-15-7-3-13(4-8-15)17-19-11-2-12-20-17/h3-10H,2,11-12H2,1H3,(H,19,20)(H,21,22). The highest BCUT2D eigenvalue weighted by Gasteiger charge is 2.09. The summed E-state index contributed by atoms with van der Waals surface area (Å²) in [5.41, 5.74) is 2.38. The lowest BCUT2D eigenvalue weighted by Gasteiger charge is -2.15. The molecule has 5 heteroatoms. The van der Waals surface area contributed by atoms with Crippen LogP contribution in [-0.2, 0) is 0 Å². The molecular weight excluding hydrogens is 290 g/mol. The second kappa shape index (κ2) is 6.96. The predicted octanol–water partition coefficient (Wildman–Crippen LogP) is 2.69. The van der Waals surface area contributed by atoms with E-state index in [1.54, 1.807) is 31.4 Å². The molecule has 1 amide bonds. The molecule has 2 aromatic carbocycles. The molecule has 0 aromatic heterocycles. The zero-order chi connectivity index (χ0) is 16.1. The van der Waals surface area contributed by atoms with Gasteiger partial charge in [-0.25, -0.2) is 0 Å². The topological polar surface area (TPSA) is 62.7 Å². The third-order valence-corrected chi connectivity index (χ3v) is 3.67. The van der Waals surface area contributed by atoms with Crippen LogP contribution in [0.15, 0.2) is 53.5 Å². The number of carbonyl (C=O) groups is 1. The minimum atomic E-state index is -0.145. The predicted molar refractivity (Wildman–Crippen MR) is 91.4 cm³/mol. The SMILES string of the molecule is COc1ccc(C(=O)Nc2ccc(C3=NCCCN3)cc2)cc1. The number of rotatable bonds is 4. The lowest BCUT2D eigenvalue weighted by Crippen LogP contribution is -2.30. The number of hydrogen-bond donors (Lipinski definition) is 2. The van der Waals surface area contributed by atoms with Crippen molar-refractivity contribution < 1.29 is 9.53 Å². The van der Waals surface area contributed by atoms with E-state index in [1.165, 1.54) is 0 Å². The molecule has 0 fully saturated rings. The van der Waals surface area contributed by atoms with Crippen LogP contribution >= 0.6 is 0 Å². The molecular formula is C18H19N3O2. The van der Waals surface area contributed by atoms with Gasteiger partial charge in [-0.1, -0.05) is 0 Å². The highest BCUT2D eigenvalue weighted by atomic mass is 16.5. The average molecular weight is 309 g/mol. The van der Waals surface area contributed by atoms with Gasteiger partial charge in [-0.3, -0.25) is 9.79 Å². The molecule has 1 aliphatic rings. The van der Waals surface area contributed by atoms with Crippen LogP contribution in [0.4, 0.5) is 5.69 Å². The fourth-order valence-electron chi connectivity index (χ4n) is 2.38. The Morgan fingerprint density at radius 2 is 1.87 bits per heavy atom. The van der Waals surface area contributed by atoms with E-state index in [1.807, 2.05) is 24.3 Å². The molecule has 0 aliphatic carbocycles. The second-order valence-corrected chi connectivity index (χ2v) is 5.27. The fourth-order valence-corrected chi connectivity index (χ4v) is 2.38. The van der Waals surface area contributed by atoms with E-state index in [9.17, 15) is 4.79 Å². The van der Waals surface area contributed by atoms with Gasteiger partial charge in [0.25, 0.3) is 5.91 Å². The molecule has 0 spiro atoms. The van der Waals surface area contributed by atoms with Crippen LogP contribution in [-0.4, -0.2) is 31.9 Å². The van der Waals surface area contributed by atoms with E-state index in [2.05, 4.69) is 15.6 Å². The van der Waals surface area contributed by atoms with Gasteiger partial charge in [0.05, 0.1) is 7.11 Å². The number of methoxy groups -OCH3 is 1. The van der Waals surface area contributed by atoms with E-state index in [0.717, 1.165) is 42.3 Å². The number of amides is 1. The zero-order valence-corrected chi connectivity index (χ0v) is 13.0. The summed E-state index contributed by atoms with van der Waals surface area (Å²) in [6.07, 6.45) is 1.07. The maximum absolute atomic E-state index is 12.2. The molecule has 0 unspecified atom stereocenters. The number of carbonyl (C=O) groups excluding carboxylic acids is 1. The Labute approximate surface area is 135 Å². The number of hydrogen-bond acceptors (Lipinski definition) is 4. The highest BCUT2D eigenvalue weighted by Crippen LogP contribution is 2.15. The first-order valence-electron chi connectivity index (χ1n) is 7.60. The van der Waals surface area contributed by atoms with E-state index < -0.39 is 0 Å². The quantitative estimate of drug-likeness (QED) is 0.913. The average Bonchev–Trinajstić information content (AvgIpc) is 2.63. The monoisotopic (exact) mass is 309 g/mol. The Morgan fingerprint density at radius 3 is 2.48 bits per heavy atom. The van der Waals surface area contributed by atoms with E-state index in [4.69, 9.17) is 4.74 Å². The van der Waals surface area contributed by atoms with Crippen LogP contribution in [0, 0.1) is 0 Å². The number of benzene rings is 2. The fraction of sp³-hybridized carbons (Fsp3) is 0.222. The molecule has 0 atom stereocenters. The van der Waals surface area contributed by atoms with Crippen LogP contribution in [0.3, 0.4) is 0 Å². The Kier molecular flexibility index (Phi) is 4.57. The molecule has 0 saturated heterocycles. The van der Waals surface area contributed by atoms with Gasteiger partial charge < -0.3 is 15.4 Å². The van der Waals surface area contributed by atoms with Gasteiger partial charge in [-0.2, -0.15) is 0 Å². The maximum Gasteiger partial charge on any atom is 0.255 e. The lowest BCUT2D eigenvalue weighted by atomic mass is 10.1. The smallest absolute Gasteiger partial charge is 0.255 e. The Morgan fingerprint density at radius 1 is 1.13 bits per heavy atom. The maximum atomic E-state index is 12.2. The van der Waals surface area contributed by atoms with Crippen LogP contribution < -0.4 is 15.4 Å². The largest absolute Gasteiger partial charge is 0.497 e. The van der Waals surface area contributed by atoms with Crippen molar-refractivity contribution in [3.05, 3.63) is 59.7 Å². The van der Waals surface area contributed by atoms with Gasteiger partial charge in [0, 0.05) is 29.9 Å². The summed E-state index contributed by atoms with van der Waals surface area (Å²) < 4.78 is 5.09. The van der Waals surface area contributed by atoms with Crippen molar-refractivity contribution in [1.29, 1.82) is 0 Å². The van der Waals surface area contributed by atoms with Crippen molar-refractivity contribution in [2.24, 2.45) is 4.99 Å². The number of aliphatic imine (C=N–C) groups is 1. The van der Waals surface area contributed by atoms with Gasteiger partial charge in [-0.05, 0) is 55.0 Å². The van der Waals surface area contributed by atoms with Gasteiger partial charge in [0.1, 0.15) is 11.6 Å². The molecule has 1 heterocycles. The zero-order valence-electron chi connectivity index (χ0n) is 13.0. The minimum Gasteiger partial charge on any atom is -0.497 e. The molecule has 2 aromatic rings. The Hall–Kier alpha value is -2.82. The number of nitrogens with zero attached hydrogens (tertiary/aromatic N) is 1. The second-order valence-electron chi connectivity index (χ2n) is 5.27. The Bertz CT molecular complexity index is 706. The molecule has 0 bridgehead atoms. The van der Waals surface area contributed by atoms with E-state index in [-0.39, 0.29) is 5.91 Å².